The van der Waals surface area contributed by atoms with E-state index in [1.54, 1.807) is 6.07 Å². The van der Waals surface area contributed by atoms with Crippen molar-refractivity contribution in [2.24, 2.45) is 0 Å². The second-order valence-corrected chi connectivity index (χ2v) is 4.92. The van der Waals surface area contributed by atoms with Gasteiger partial charge in [0.05, 0.1) is 6.42 Å². The predicted molar refractivity (Wildman–Crippen MR) is 77.7 cm³/mol. The van der Waals surface area contributed by atoms with E-state index in [2.05, 4.69) is 10.6 Å². The van der Waals surface area contributed by atoms with Crippen molar-refractivity contribution in [1.29, 1.82) is 0 Å². The van der Waals surface area contributed by atoms with Gasteiger partial charge in [-0.3, -0.25) is 4.79 Å². The Balaban J connectivity index is 2.37. The van der Waals surface area contributed by atoms with Gasteiger partial charge in [-0.25, -0.2) is 9.18 Å². The molecule has 0 saturated heterocycles. The third kappa shape index (κ3) is 6.25. The molecule has 0 spiro atoms. The van der Waals surface area contributed by atoms with Crippen molar-refractivity contribution in [2.75, 3.05) is 6.54 Å². The predicted octanol–water partition coefficient (Wildman–Crippen LogP) is 2.23. The monoisotopic (exact) mass is 296 g/mol. The number of urea groups is 1. The lowest BCUT2D eigenvalue weighted by Crippen LogP contribution is -2.43. The molecule has 1 atom stereocenters. The number of benzene rings is 1. The molecule has 1 rings (SSSR count). The first-order valence-electron chi connectivity index (χ1n) is 6.93. The Hall–Kier alpha value is -2.11. The van der Waals surface area contributed by atoms with Crippen molar-refractivity contribution in [2.45, 2.75) is 39.2 Å². The maximum absolute atomic E-state index is 13.0. The molecule has 0 aliphatic heterocycles. The first-order valence-corrected chi connectivity index (χ1v) is 6.93. The summed E-state index contributed by atoms with van der Waals surface area (Å²) in [6, 6.07) is 3.78. The van der Waals surface area contributed by atoms with Gasteiger partial charge >= 0.3 is 12.0 Å². The van der Waals surface area contributed by atoms with Gasteiger partial charge in [0.15, 0.2) is 0 Å². The summed E-state index contributed by atoms with van der Waals surface area (Å²) in [7, 11) is 0. The fourth-order valence-corrected chi connectivity index (χ4v) is 2.00. The summed E-state index contributed by atoms with van der Waals surface area (Å²) in [6.07, 6.45) is 1.05. The van der Waals surface area contributed by atoms with Crippen LogP contribution in [0.25, 0.3) is 0 Å². The van der Waals surface area contributed by atoms with Crippen LogP contribution < -0.4 is 10.6 Å². The maximum atomic E-state index is 13.0. The van der Waals surface area contributed by atoms with Crippen LogP contribution in [0.3, 0.4) is 0 Å². The number of carbonyl (C=O) groups is 2. The van der Waals surface area contributed by atoms with E-state index < -0.39 is 5.97 Å². The number of rotatable bonds is 7. The van der Waals surface area contributed by atoms with Crippen molar-refractivity contribution < 1.29 is 19.1 Å². The lowest BCUT2D eigenvalue weighted by atomic mass is 10.1. The van der Waals surface area contributed by atoms with Gasteiger partial charge < -0.3 is 15.7 Å². The van der Waals surface area contributed by atoms with Crippen LogP contribution in [0.4, 0.5) is 9.18 Å². The summed E-state index contributed by atoms with van der Waals surface area (Å²) in [6.45, 7) is 4.04. The Morgan fingerprint density at radius 3 is 2.67 bits per heavy atom. The summed E-state index contributed by atoms with van der Waals surface area (Å²) in [5.41, 5.74) is 1.81. The highest BCUT2D eigenvalue weighted by atomic mass is 19.1. The zero-order chi connectivity index (χ0) is 15.8. The Labute approximate surface area is 123 Å². The Morgan fingerprint density at radius 1 is 1.38 bits per heavy atom. The first-order chi connectivity index (χ1) is 9.92. The second kappa shape index (κ2) is 8.24. The number of carbonyl (C=O) groups excluding carboxylic acids is 1. The molecule has 0 aliphatic rings. The molecule has 0 bridgehead atoms. The topological polar surface area (TPSA) is 78.4 Å². The van der Waals surface area contributed by atoms with Crippen LogP contribution in [0, 0.1) is 12.7 Å². The number of hydrogen-bond donors (Lipinski definition) is 3. The maximum Gasteiger partial charge on any atom is 0.315 e. The number of aryl methyl sites for hydroxylation is 1. The van der Waals surface area contributed by atoms with Gasteiger partial charge in [-0.15, -0.1) is 0 Å². The van der Waals surface area contributed by atoms with Crippen molar-refractivity contribution in [3.8, 4) is 0 Å². The SMILES string of the molecule is CCC(CC(=O)O)NC(=O)NCCc1ccc(F)cc1C. The largest absolute Gasteiger partial charge is 0.481 e. The highest BCUT2D eigenvalue weighted by Gasteiger charge is 2.13. The van der Waals surface area contributed by atoms with Crippen molar-refractivity contribution >= 4 is 12.0 Å². The van der Waals surface area contributed by atoms with E-state index >= 15 is 0 Å². The number of hydrogen-bond acceptors (Lipinski definition) is 2. The van der Waals surface area contributed by atoms with Gasteiger partial charge in [0.2, 0.25) is 0 Å². The van der Waals surface area contributed by atoms with Crippen LogP contribution in [0.15, 0.2) is 18.2 Å². The molecule has 21 heavy (non-hydrogen) atoms. The van der Waals surface area contributed by atoms with E-state index in [0.717, 1.165) is 11.1 Å². The molecular formula is C15H21FN2O3. The van der Waals surface area contributed by atoms with Crippen molar-refractivity contribution in [1.82, 2.24) is 10.6 Å². The molecule has 5 nitrogen and oxygen atoms in total. The van der Waals surface area contributed by atoms with E-state index in [1.807, 2.05) is 13.8 Å². The average Bonchev–Trinajstić information content (AvgIpc) is 2.40. The highest BCUT2D eigenvalue weighted by Crippen LogP contribution is 2.10. The number of carboxylic acids is 1. The van der Waals surface area contributed by atoms with Gasteiger partial charge in [0.25, 0.3) is 0 Å². The summed E-state index contributed by atoms with van der Waals surface area (Å²) in [4.78, 5) is 22.3. The molecule has 116 valence electrons. The first kappa shape index (κ1) is 16.9. The molecule has 6 heteroatoms. The standard InChI is InChI=1S/C15H21FN2O3/c1-3-13(9-14(19)20)18-15(21)17-7-6-11-4-5-12(16)8-10(11)2/h4-5,8,13H,3,6-7,9H2,1-2H3,(H,19,20)(H2,17,18,21). The molecule has 1 aromatic rings. The van der Waals surface area contributed by atoms with Crippen LogP contribution in [0.1, 0.15) is 30.9 Å². The summed E-state index contributed by atoms with van der Waals surface area (Å²) in [5.74, 6) is -1.22. The van der Waals surface area contributed by atoms with Gasteiger partial charge in [0, 0.05) is 12.6 Å². The van der Waals surface area contributed by atoms with Crippen LogP contribution in [-0.4, -0.2) is 29.7 Å². The number of halogens is 1. The minimum Gasteiger partial charge on any atom is -0.481 e. The van der Waals surface area contributed by atoms with Crippen LogP contribution in [-0.2, 0) is 11.2 Å². The molecular weight excluding hydrogens is 275 g/mol. The molecule has 0 saturated carbocycles. The fraction of sp³-hybridized carbons (Fsp3) is 0.467. The zero-order valence-corrected chi connectivity index (χ0v) is 12.3. The third-order valence-corrected chi connectivity index (χ3v) is 3.23. The fourth-order valence-electron chi connectivity index (χ4n) is 2.00. The molecule has 1 aromatic carbocycles. The molecule has 0 aliphatic carbocycles. The lowest BCUT2D eigenvalue weighted by Gasteiger charge is -2.15. The summed E-state index contributed by atoms with van der Waals surface area (Å²) < 4.78 is 13.0. The van der Waals surface area contributed by atoms with E-state index in [1.165, 1.54) is 12.1 Å². The van der Waals surface area contributed by atoms with Crippen molar-refractivity contribution in [3.05, 3.63) is 35.1 Å². The molecule has 0 aromatic heterocycles. The average molecular weight is 296 g/mol. The van der Waals surface area contributed by atoms with E-state index in [4.69, 9.17) is 5.11 Å². The second-order valence-electron chi connectivity index (χ2n) is 4.92. The zero-order valence-electron chi connectivity index (χ0n) is 12.3. The molecule has 0 fully saturated rings. The molecule has 3 N–H and O–H groups in total. The van der Waals surface area contributed by atoms with Gasteiger partial charge in [-0.2, -0.15) is 0 Å². The quantitative estimate of drug-likeness (QED) is 0.722. The Bertz CT molecular complexity index is 506. The number of amides is 2. The van der Waals surface area contributed by atoms with Gasteiger partial charge in [-0.05, 0) is 43.0 Å². The van der Waals surface area contributed by atoms with Crippen LogP contribution in [0.5, 0.6) is 0 Å². The van der Waals surface area contributed by atoms with Crippen LogP contribution in [0.2, 0.25) is 0 Å². The molecule has 0 heterocycles. The Morgan fingerprint density at radius 2 is 2.10 bits per heavy atom. The van der Waals surface area contributed by atoms with Crippen molar-refractivity contribution in [3.63, 3.8) is 0 Å². The summed E-state index contributed by atoms with van der Waals surface area (Å²) >= 11 is 0. The summed E-state index contributed by atoms with van der Waals surface area (Å²) in [5, 5.41) is 14.0. The van der Waals surface area contributed by atoms with Crippen LogP contribution >= 0.6 is 0 Å². The number of carboxylic acid groups (broad SMARTS) is 1. The smallest absolute Gasteiger partial charge is 0.315 e. The normalized spacial score (nSPS) is 11.8. The highest BCUT2D eigenvalue weighted by molar-refractivity contribution is 5.75. The number of aliphatic carboxylic acids is 1. The Kier molecular flexibility index (Phi) is 6.65. The minimum absolute atomic E-state index is 0.0962. The number of nitrogens with one attached hydrogen (secondary N) is 2. The third-order valence-electron chi connectivity index (χ3n) is 3.23. The lowest BCUT2D eigenvalue weighted by molar-refractivity contribution is -0.137. The minimum atomic E-state index is -0.941. The van der Waals surface area contributed by atoms with Gasteiger partial charge in [0.1, 0.15) is 5.82 Å². The van der Waals surface area contributed by atoms with E-state index in [0.29, 0.717) is 19.4 Å². The molecule has 2 amide bonds. The molecule has 0 radical (unpaired) electrons. The van der Waals surface area contributed by atoms with Gasteiger partial charge in [-0.1, -0.05) is 13.0 Å². The van der Waals surface area contributed by atoms with E-state index in [-0.39, 0.29) is 24.3 Å². The molecule has 1 unspecified atom stereocenters. The van der Waals surface area contributed by atoms with E-state index in [9.17, 15) is 14.0 Å².